The van der Waals surface area contributed by atoms with Crippen LogP contribution in [0, 0.1) is 0 Å². The van der Waals surface area contributed by atoms with Crippen molar-refractivity contribution >= 4 is 21.5 Å². The smallest absolute Gasteiger partial charge is 0.104 e. The number of benzene rings is 3. The molecule has 1 heteroatoms. The summed E-state index contributed by atoms with van der Waals surface area (Å²) in [5.74, 6) is 0. The zero-order chi connectivity index (χ0) is 12.5. The molecule has 0 aromatic heterocycles. The van der Waals surface area contributed by atoms with E-state index in [4.69, 9.17) is 0 Å². The summed E-state index contributed by atoms with van der Waals surface area (Å²) in [5, 5.41) is 5.45. The van der Waals surface area contributed by atoms with Gasteiger partial charge in [0.05, 0.1) is 14.1 Å². The SMILES string of the molecule is C[NH+](C)Cc1c2ccccc2cc2ccccc12. The lowest BCUT2D eigenvalue weighted by atomic mass is 9.96. The van der Waals surface area contributed by atoms with Gasteiger partial charge in [-0.15, -0.1) is 0 Å². The third kappa shape index (κ3) is 1.87. The molecule has 3 aromatic carbocycles. The lowest BCUT2D eigenvalue weighted by Crippen LogP contribution is -3.04. The van der Waals surface area contributed by atoms with E-state index in [1.807, 2.05) is 0 Å². The van der Waals surface area contributed by atoms with Gasteiger partial charge in [-0.05, 0) is 27.6 Å². The third-order valence-corrected chi connectivity index (χ3v) is 3.41. The van der Waals surface area contributed by atoms with Gasteiger partial charge >= 0.3 is 0 Å². The van der Waals surface area contributed by atoms with Crippen molar-refractivity contribution in [3.05, 3.63) is 60.2 Å². The molecular formula is C17H18N+. The summed E-state index contributed by atoms with van der Waals surface area (Å²) >= 11 is 0. The van der Waals surface area contributed by atoms with Gasteiger partial charge in [-0.2, -0.15) is 0 Å². The maximum atomic E-state index is 2.29. The van der Waals surface area contributed by atoms with E-state index in [2.05, 4.69) is 68.7 Å². The second-order valence-electron chi connectivity index (χ2n) is 5.18. The Morgan fingerprint density at radius 3 is 1.78 bits per heavy atom. The standard InChI is InChI=1S/C17H17N/c1-18(2)12-17-15-9-5-3-7-13(15)11-14-8-4-6-10-16(14)17/h3-11H,12H2,1-2H3/p+1. The van der Waals surface area contributed by atoms with E-state index in [0.29, 0.717) is 0 Å². The van der Waals surface area contributed by atoms with Crippen molar-refractivity contribution in [3.63, 3.8) is 0 Å². The Morgan fingerprint density at radius 2 is 1.28 bits per heavy atom. The number of quaternary nitrogens is 1. The van der Waals surface area contributed by atoms with Crippen LogP contribution in [0.4, 0.5) is 0 Å². The van der Waals surface area contributed by atoms with Gasteiger partial charge in [0.15, 0.2) is 0 Å². The van der Waals surface area contributed by atoms with Crippen LogP contribution in [0.15, 0.2) is 54.6 Å². The Balaban J connectivity index is 2.41. The molecule has 3 rings (SSSR count). The highest BCUT2D eigenvalue weighted by Crippen LogP contribution is 2.27. The second-order valence-corrected chi connectivity index (χ2v) is 5.18. The minimum absolute atomic E-state index is 1.06. The first kappa shape index (κ1) is 11.2. The molecule has 0 saturated carbocycles. The van der Waals surface area contributed by atoms with Crippen LogP contribution in [0.5, 0.6) is 0 Å². The van der Waals surface area contributed by atoms with Gasteiger partial charge in [0.2, 0.25) is 0 Å². The number of rotatable bonds is 2. The lowest BCUT2D eigenvalue weighted by Gasteiger charge is -2.13. The molecule has 0 spiro atoms. The summed E-state index contributed by atoms with van der Waals surface area (Å²) in [4.78, 5) is 1.46. The van der Waals surface area contributed by atoms with Crippen LogP contribution in [-0.2, 0) is 6.54 Å². The van der Waals surface area contributed by atoms with Gasteiger partial charge in [0.25, 0.3) is 0 Å². The third-order valence-electron chi connectivity index (χ3n) is 3.41. The Morgan fingerprint density at radius 1 is 0.778 bits per heavy atom. The first-order valence-corrected chi connectivity index (χ1v) is 6.44. The van der Waals surface area contributed by atoms with Crippen molar-refractivity contribution in [2.24, 2.45) is 0 Å². The quantitative estimate of drug-likeness (QED) is 0.652. The van der Waals surface area contributed by atoms with E-state index in [-0.39, 0.29) is 0 Å². The van der Waals surface area contributed by atoms with Crippen LogP contribution < -0.4 is 4.90 Å². The van der Waals surface area contributed by atoms with Gasteiger partial charge in [-0.25, -0.2) is 0 Å². The van der Waals surface area contributed by atoms with Crippen LogP contribution >= 0.6 is 0 Å². The van der Waals surface area contributed by atoms with Crippen LogP contribution in [0.25, 0.3) is 21.5 Å². The summed E-state index contributed by atoms with van der Waals surface area (Å²) in [6, 6.07) is 19.7. The molecule has 1 N–H and O–H groups in total. The molecule has 0 fully saturated rings. The fourth-order valence-corrected chi connectivity index (χ4v) is 2.65. The first-order chi connectivity index (χ1) is 8.75. The zero-order valence-corrected chi connectivity index (χ0v) is 10.9. The van der Waals surface area contributed by atoms with Crippen molar-refractivity contribution in [1.29, 1.82) is 0 Å². The molecule has 0 saturated heterocycles. The van der Waals surface area contributed by atoms with Crippen LogP contribution in [0.2, 0.25) is 0 Å². The van der Waals surface area contributed by atoms with Gasteiger partial charge < -0.3 is 4.90 Å². The van der Waals surface area contributed by atoms with Crippen molar-refractivity contribution in [3.8, 4) is 0 Å². The summed E-state index contributed by atoms with van der Waals surface area (Å²) in [5.41, 5.74) is 1.46. The molecule has 18 heavy (non-hydrogen) atoms. The molecule has 1 nitrogen and oxygen atoms in total. The number of hydrogen-bond acceptors (Lipinski definition) is 0. The summed E-state index contributed by atoms with van der Waals surface area (Å²) in [6.07, 6.45) is 0. The van der Waals surface area contributed by atoms with Crippen molar-refractivity contribution in [1.82, 2.24) is 0 Å². The van der Waals surface area contributed by atoms with E-state index < -0.39 is 0 Å². The molecule has 3 aromatic rings. The number of fused-ring (bicyclic) bond motifs is 2. The molecule has 0 aliphatic heterocycles. The molecule has 0 radical (unpaired) electrons. The normalized spacial score (nSPS) is 11.5. The summed E-state index contributed by atoms with van der Waals surface area (Å²) < 4.78 is 0. The minimum Gasteiger partial charge on any atom is -0.336 e. The maximum Gasteiger partial charge on any atom is 0.104 e. The fraction of sp³-hybridized carbons (Fsp3) is 0.176. The highest BCUT2D eigenvalue weighted by molar-refractivity contribution is 6.02. The van der Waals surface area contributed by atoms with E-state index in [9.17, 15) is 0 Å². The van der Waals surface area contributed by atoms with Crippen LogP contribution in [-0.4, -0.2) is 14.1 Å². The van der Waals surface area contributed by atoms with Gasteiger partial charge in [-0.3, -0.25) is 0 Å². The highest BCUT2D eigenvalue weighted by Gasteiger charge is 2.09. The topological polar surface area (TPSA) is 4.44 Å². The summed E-state index contributed by atoms with van der Waals surface area (Å²) in [7, 11) is 4.41. The molecule has 0 bridgehead atoms. The fourth-order valence-electron chi connectivity index (χ4n) is 2.65. The van der Waals surface area contributed by atoms with E-state index >= 15 is 0 Å². The number of nitrogens with one attached hydrogen (secondary N) is 1. The Bertz CT molecular complexity index is 644. The first-order valence-electron chi connectivity index (χ1n) is 6.44. The van der Waals surface area contributed by atoms with Crippen molar-refractivity contribution in [2.45, 2.75) is 6.54 Å². The molecule has 0 aliphatic carbocycles. The lowest BCUT2D eigenvalue weighted by molar-refractivity contribution is -0.872. The average molecular weight is 236 g/mol. The van der Waals surface area contributed by atoms with Gasteiger partial charge in [0.1, 0.15) is 6.54 Å². The molecule has 0 aliphatic rings. The predicted molar refractivity (Wildman–Crippen MR) is 78.0 cm³/mol. The Kier molecular flexibility index (Phi) is 2.77. The largest absolute Gasteiger partial charge is 0.336 e. The van der Waals surface area contributed by atoms with E-state index in [0.717, 1.165) is 6.54 Å². The Hall–Kier alpha value is -1.86. The molecule has 0 heterocycles. The molecular weight excluding hydrogens is 218 g/mol. The predicted octanol–water partition coefficient (Wildman–Crippen LogP) is 2.64. The highest BCUT2D eigenvalue weighted by atomic mass is 15.0. The van der Waals surface area contributed by atoms with Gasteiger partial charge in [0, 0.05) is 5.56 Å². The monoisotopic (exact) mass is 236 g/mol. The van der Waals surface area contributed by atoms with Crippen molar-refractivity contribution in [2.75, 3.05) is 14.1 Å². The van der Waals surface area contributed by atoms with Gasteiger partial charge in [-0.1, -0.05) is 48.5 Å². The molecule has 0 amide bonds. The molecule has 0 unspecified atom stereocenters. The minimum atomic E-state index is 1.06. The van der Waals surface area contributed by atoms with E-state index in [1.165, 1.54) is 32.0 Å². The summed E-state index contributed by atoms with van der Waals surface area (Å²) in [6.45, 7) is 1.06. The number of hydrogen-bond donors (Lipinski definition) is 1. The average Bonchev–Trinajstić information content (AvgIpc) is 2.38. The van der Waals surface area contributed by atoms with Crippen molar-refractivity contribution < 1.29 is 4.90 Å². The molecule has 0 atom stereocenters. The van der Waals surface area contributed by atoms with Crippen LogP contribution in [0.3, 0.4) is 0 Å². The van der Waals surface area contributed by atoms with Crippen LogP contribution in [0.1, 0.15) is 5.56 Å². The molecule has 90 valence electrons. The Labute approximate surface area is 108 Å². The van der Waals surface area contributed by atoms with E-state index in [1.54, 1.807) is 0 Å². The maximum absolute atomic E-state index is 2.29. The second kappa shape index (κ2) is 4.43. The zero-order valence-electron chi connectivity index (χ0n) is 10.9.